The number of hydrogen-bond acceptors (Lipinski definition) is 9. The smallest absolute Gasteiger partial charge is 0.312 e. The van der Waals surface area contributed by atoms with Gasteiger partial charge in [0.25, 0.3) is 0 Å². The van der Waals surface area contributed by atoms with E-state index in [1.165, 1.54) is 0 Å². The summed E-state index contributed by atoms with van der Waals surface area (Å²) in [6.07, 6.45) is 3.33. The summed E-state index contributed by atoms with van der Waals surface area (Å²) in [6.45, 7) is 27.5. The zero-order chi connectivity index (χ0) is 46.7. The minimum atomic E-state index is -0.515. The van der Waals surface area contributed by atoms with Crippen molar-refractivity contribution in [2.45, 2.75) is 25.7 Å². The number of carbonyl (C=O) groups is 4. The van der Waals surface area contributed by atoms with Crippen molar-refractivity contribution in [2.24, 2.45) is 0 Å². The van der Waals surface area contributed by atoms with E-state index in [2.05, 4.69) is 63.1 Å². The van der Waals surface area contributed by atoms with E-state index in [0.29, 0.717) is 88.1 Å². The fourth-order valence-corrected chi connectivity index (χ4v) is 6.69. The Morgan fingerprint density at radius 2 is 0.862 bits per heavy atom. The van der Waals surface area contributed by atoms with Gasteiger partial charge in [0.05, 0.1) is 31.3 Å². The number of benzene rings is 4. The van der Waals surface area contributed by atoms with Gasteiger partial charge in [-0.25, -0.2) is 14.5 Å². The second-order valence-electron chi connectivity index (χ2n) is 14.6. The molecule has 6 rings (SSSR count). The average molecular weight is 942 g/mol. The third-order valence-electron chi connectivity index (χ3n) is 9.99. The van der Waals surface area contributed by atoms with Gasteiger partial charge in [-0.3, -0.25) is 19.2 Å². The largest absolute Gasteiger partial charge is 0.385 e. The molecule has 2 fully saturated rings. The lowest BCUT2D eigenvalue weighted by Gasteiger charge is -2.33. The molecular weight excluding hydrogens is 889 g/mol. The Labute approximate surface area is 389 Å². The number of halogens is 1. The molecule has 2 heterocycles. The summed E-state index contributed by atoms with van der Waals surface area (Å²) in [6, 6.07) is 31.3. The number of nitriles is 1. The van der Waals surface area contributed by atoms with Crippen molar-refractivity contribution in [3.05, 3.63) is 137 Å². The molecule has 336 valence electrons. The highest BCUT2D eigenvalue weighted by Crippen LogP contribution is 2.18. The minimum absolute atomic E-state index is 0.433. The first-order chi connectivity index (χ1) is 31.7. The highest BCUT2D eigenvalue weighted by Gasteiger charge is 2.31. The number of hydrogen-bond donors (Lipinski definition) is 5. The van der Waals surface area contributed by atoms with Gasteiger partial charge in [-0.15, -0.1) is 0 Å². The van der Waals surface area contributed by atoms with Crippen molar-refractivity contribution in [3.63, 3.8) is 0 Å². The lowest BCUT2D eigenvalue weighted by Crippen LogP contribution is -2.54. The Bertz CT molecular complexity index is 2230. The van der Waals surface area contributed by atoms with Crippen LogP contribution in [-0.2, 0) is 19.2 Å². The average Bonchev–Trinajstić information content (AvgIpc) is 3.35. The van der Waals surface area contributed by atoms with E-state index >= 15 is 0 Å². The Kier molecular flexibility index (Phi) is 21.7. The van der Waals surface area contributed by atoms with Crippen LogP contribution in [0.5, 0.6) is 0 Å². The summed E-state index contributed by atoms with van der Waals surface area (Å²) in [5.41, 5.74) is 6.39. The van der Waals surface area contributed by atoms with Crippen LogP contribution in [0.1, 0.15) is 31.2 Å². The van der Waals surface area contributed by atoms with Crippen LogP contribution in [0, 0.1) is 31.0 Å². The molecule has 0 radical (unpaired) electrons. The quantitative estimate of drug-likeness (QED) is 0.0276. The molecule has 0 aromatic heterocycles. The number of carbonyl (C=O) groups excluding carboxylic acids is 4. The molecule has 0 unspecified atom stereocenters. The fraction of sp³-hybridized carbons (Fsp3) is 0.333. The van der Waals surface area contributed by atoms with Crippen LogP contribution in [-0.4, -0.2) is 116 Å². The standard InChI is InChI=1S/C24H26N6O2.C14H16N4O2.C10H11BrN2/c1-26-20-8-10-22(11-9-20)28-13-3-15-30-17-16-29(23(31)24(30)32)14-2-12-27-21-6-4-19(18-25)5-7-21;1-15-11-3-5-12(6-4-11)16-7-2-9-18-10-8-17-13(19)14(18)20;1-12-9-3-5-10(6-4-9)13-8-2-7-11/h4-11,27-28H,2-3,12-17H2;3-6,16H,2,7-10H2,(H,17,19);3-6,13H,2,7-8H2. The Hall–Kier alpha value is -7.60. The maximum Gasteiger partial charge on any atom is 0.312 e. The number of alkyl halides is 1. The van der Waals surface area contributed by atoms with Crippen LogP contribution < -0.4 is 26.6 Å². The van der Waals surface area contributed by atoms with Crippen LogP contribution in [0.3, 0.4) is 0 Å². The Morgan fingerprint density at radius 1 is 0.523 bits per heavy atom. The predicted molar refractivity (Wildman–Crippen MR) is 258 cm³/mol. The second kappa shape index (κ2) is 28.2. The van der Waals surface area contributed by atoms with Gasteiger partial charge in [-0.2, -0.15) is 5.26 Å². The topological polar surface area (TPSA) is 175 Å². The minimum Gasteiger partial charge on any atom is -0.385 e. The summed E-state index contributed by atoms with van der Waals surface area (Å²) in [5.74, 6) is -1.83. The number of rotatable bonds is 19. The zero-order valence-electron chi connectivity index (χ0n) is 36.2. The highest BCUT2D eigenvalue weighted by atomic mass is 79.9. The third kappa shape index (κ3) is 17.6. The first-order valence-electron chi connectivity index (χ1n) is 21.3. The van der Waals surface area contributed by atoms with Crippen LogP contribution in [0.2, 0.25) is 0 Å². The van der Waals surface area contributed by atoms with E-state index < -0.39 is 23.6 Å². The van der Waals surface area contributed by atoms with Crippen molar-refractivity contribution >= 4 is 79.4 Å². The Balaban J connectivity index is 0.000000238. The molecule has 2 aliphatic rings. The molecular formula is C48H53BrN12O4. The molecule has 5 N–H and O–H groups in total. The van der Waals surface area contributed by atoms with E-state index in [-0.39, 0.29) is 0 Å². The van der Waals surface area contributed by atoms with E-state index in [9.17, 15) is 19.2 Å². The van der Waals surface area contributed by atoms with E-state index in [1.54, 1.807) is 51.1 Å². The molecule has 4 aromatic carbocycles. The van der Waals surface area contributed by atoms with Crippen LogP contribution >= 0.6 is 15.9 Å². The van der Waals surface area contributed by atoms with E-state index in [1.807, 2.05) is 60.7 Å². The molecule has 4 aromatic rings. The summed E-state index contributed by atoms with van der Waals surface area (Å²) in [7, 11) is 0. The van der Waals surface area contributed by atoms with Gasteiger partial charge in [0.1, 0.15) is 0 Å². The SMILES string of the molecule is [C-]#[N+]c1ccc(NCCCBr)cc1.[C-]#[N+]c1ccc(NCCCN2CCN(CCCNc3ccc(C#N)cc3)C(=O)C2=O)cc1.[C-]#[N+]c1ccc(NCCCN2CCNC(=O)C2=O)cc1. The second-order valence-corrected chi connectivity index (χ2v) is 15.4. The number of piperazine rings is 2. The number of nitrogens with zero attached hydrogens (tertiary/aromatic N) is 7. The molecule has 2 aliphatic heterocycles. The number of amides is 4. The number of nitrogens with one attached hydrogen (secondary N) is 5. The third-order valence-corrected chi connectivity index (χ3v) is 10.6. The van der Waals surface area contributed by atoms with Crippen molar-refractivity contribution in [1.82, 2.24) is 20.0 Å². The normalized spacial score (nSPS) is 13.0. The molecule has 16 nitrogen and oxygen atoms in total. The zero-order valence-corrected chi connectivity index (χ0v) is 37.8. The maximum absolute atomic E-state index is 12.4. The molecule has 0 atom stereocenters. The molecule has 17 heteroatoms. The molecule has 0 bridgehead atoms. The molecule has 0 spiro atoms. The molecule has 2 saturated heterocycles. The van der Waals surface area contributed by atoms with Gasteiger partial charge in [0.15, 0.2) is 17.1 Å². The van der Waals surface area contributed by atoms with Gasteiger partial charge in [-0.1, -0.05) is 52.3 Å². The monoisotopic (exact) mass is 940 g/mol. The predicted octanol–water partition coefficient (Wildman–Crippen LogP) is 7.52. The lowest BCUT2D eigenvalue weighted by atomic mass is 10.2. The van der Waals surface area contributed by atoms with E-state index in [4.69, 9.17) is 25.0 Å². The molecule has 65 heavy (non-hydrogen) atoms. The van der Waals surface area contributed by atoms with Gasteiger partial charge in [-0.05, 0) is 86.3 Å². The van der Waals surface area contributed by atoms with Crippen molar-refractivity contribution in [1.29, 1.82) is 5.26 Å². The fourth-order valence-electron chi connectivity index (χ4n) is 6.41. The van der Waals surface area contributed by atoms with Crippen LogP contribution in [0.25, 0.3) is 14.5 Å². The maximum atomic E-state index is 12.4. The summed E-state index contributed by atoms with van der Waals surface area (Å²) < 4.78 is 0. The van der Waals surface area contributed by atoms with E-state index in [0.717, 1.165) is 60.3 Å². The van der Waals surface area contributed by atoms with Gasteiger partial charge >= 0.3 is 23.6 Å². The molecule has 0 saturated carbocycles. The van der Waals surface area contributed by atoms with Crippen molar-refractivity contribution < 1.29 is 19.2 Å². The highest BCUT2D eigenvalue weighted by molar-refractivity contribution is 9.09. The lowest BCUT2D eigenvalue weighted by molar-refractivity contribution is -0.156. The summed E-state index contributed by atoms with van der Waals surface area (Å²) in [5, 5.41) is 25.4. The Morgan fingerprint density at radius 3 is 1.20 bits per heavy atom. The van der Waals surface area contributed by atoms with Crippen LogP contribution in [0.15, 0.2) is 97.1 Å². The van der Waals surface area contributed by atoms with Crippen molar-refractivity contribution in [2.75, 3.05) is 98.6 Å². The first kappa shape index (κ1) is 50.0. The molecule has 0 aliphatic carbocycles. The summed E-state index contributed by atoms with van der Waals surface area (Å²) >= 11 is 3.37. The molecule has 4 amide bonds. The van der Waals surface area contributed by atoms with Gasteiger partial charge < -0.3 is 41.3 Å². The van der Waals surface area contributed by atoms with Crippen LogP contribution in [0.4, 0.5) is 39.8 Å². The number of anilines is 4. The van der Waals surface area contributed by atoms with Crippen molar-refractivity contribution in [3.8, 4) is 6.07 Å². The first-order valence-corrected chi connectivity index (χ1v) is 22.4. The van der Waals surface area contributed by atoms with Gasteiger partial charge in [0.2, 0.25) is 0 Å². The van der Waals surface area contributed by atoms with Gasteiger partial charge in [0, 0.05) is 100 Å². The summed E-state index contributed by atoms with van der Waals surface area (Å²) in [4.78, 5) is 62.4.